The normalized spacial score (nSPS) is 10.7. The van der Waals surface area contributed by atoms with Crippen molar-refractivity contribution >= 4 is 5.91 Å². The molecule has 0 saturated carbocycles. The average Bonchev–Trinajstić information content (AvgIpc) is 3.34. The van der Waals surface area contributed by atoms with Gasteiger partial charge in [0.1, 0.15) is 12.0 Å². The molecule has 2 aromatic heterocycles. The van der Waals surface area contributed by atoms with E-state index < -0.39 is 0 Å². The third-order valence-corrected chi connectivity index (χ3v) is 3.77. The average molecular weight is 314 g/mol. The highest BCUT2D eigenvalue weighted by molar-refractivity contribution is 5.93. The van der Waals surface area contributed by atoms with E-state index >= 15 is 0 Å². The van der Waals surface area contributed by atoms with Crippen molar-refractivity contribution < 1.29 is 4.79 Å². The molecule has 0 aliphatic rings. The van der Waals surface area contributed by atoms with Crippen molar-refractivity contribution in [3.05, 3.63) is 91.3 Å². The van der Waals surface area contributed by atoms with Crippen LogP contribution in [-0.2, 0) is 0 Å². The smallest absolute Gasteiger partial charge is 0.298 e. The van der Waals surface area contributed by atoms with Gasteiger partial charge in [0.05, 0.1) is 0 Å². The summed E-state index contributed by atoms with van der Waals surface area (Å²) in [7, 11) is 0. The van der Waals surface area contributed by atoms with Crippen LogP contribution in [0.5, 0.6) is 0 Å². The van der Waals surface area contributed by atoms with Crippen molar-refractivity contribution in [2.75, 3.05) is 0 Å². The van der Waals surface area contributed by atoms with Gasteiger partial charge in [-0.05, 0) is 29.3 Å². The number of hydrogen-bond acceptors (Lipinski definition) is 3. The molecular formula is C19H14N4O. The molecule has 4 rings (SSSR count). The highest BCUT2D eigenvalue weighted by atomic mass is 16.2. The Bertz CT molecular complexity index is 972. The first-order valence-electron chi connectivity index (χ1n) is 7.55. The molecule has 0 saturated heterocycles. The minimum Gasteiger partial charge on any atom is -0.305 e. The van der Waals surface area contributed by atoms with Gasteiger partial charge >= 0.3 is 0 Å². The molecular weight excluding hydrogens is 300 g/mol. The molecule has 24 heavy (non-hydrogen) atoms. The van der Waals surface area contributed by atoms with Gasteiger partial charge in [0.15, 0.2) is 0 Å². The first-order valence-corrected chi connectivity index (χ1v) is 7.55. The van der Waals surface area contributed by atoms with Crippen molar-refractivity contribution in [2.45, 2.75) is 0 Å². The fourth-order valence-corrected chi connectivity index (χ4v) is 2.56. The van der Waals surface area contributed by atoms with E-state index in [1.54, 1.807) is 31.0 Å². The Morgan fingerprint density at radius 2 is 1.75 bits per heavy atom. The van der Waals surface area contributed by atoms with E-state index in [-0.39, 0.29) is 5.91 Å². The molecule has 5 nitrogen and oxygen atoms in total. The maximum atomic E-state index is 12.3. The summed E-state index contributed by atoms with van der Waals surface area (Å²) in [6.45, 7) is 0. The molecule has 0 unspecified atom stereocenters. The molecule has 0 amide bonds. The SMILES string of the molecule is O=C(c1cn(-c2cccc(-c3ccccc3)c2)cn1)n1cccn1. The monoisotopic (exact) mass is 314 g/mol. The summed E-state index contributed by atoms with van der Waals surface area (Å²) in [6, 6.07) is 20.0. The predicted octanol–water partition coefficient (Wildman–Crippen LogP) is 3.42. The molecule has 2 aromatic carbocycles. The van der Waals surface area contributed by atoms with Gasteiger partial charge in [-0.2, -0.15) is 5.10 Å². The number of carbonyl (C=O) groups excluding carboxylic acids is 1. The minimum absolute atomic E-state index is 0.252. The summed E-state index contributed by atoms with van der Waals surface area (Å²) in [5, 5.41) is 3.95. The molecule has 4 aromatic rings. The van der Waals surface area contributed by atoms with E-state index in [1.165, 1.54) is 4.68 Å². The Kier molecular flexibility index (Phi) is 3.51. The highest BCUT2D eigenvalue weighted by Gasteiger charge is 2.12. The van der Waals surface area contributed by atoms with Crippen molar-refractivity contribution in [1.29, 1.82) is 0 Å². The Morgan fingerprint density at radius 1 is 0.917 bits per heavy atom. The number of imidazole rings is 1. The van der Waals surface area contributed by atoms with Crippen molar-refractivity contribution in [2.24, 2.45) is 0 Å². The third-order valence-electron chi connectivity index (χ3n) is 3.77. The Labute approximate surface area is 138 Å². The lowest BCUT2D eigenvalue weighted by Gasteiger charge is -2.06. The number of aromatic nitrogens is 4. The lowest BCUT2D eigenvalue weighted by Crippen LogP contribution is -2.12. The number of nitrogens with zero attached hydrogens (tertiary/aromatic N) is 4. The zero-order chi connectivity index (χ0) is 16.4. The van der Waals surface area contributed by atoms with Crippen LogP contribution in [-0.4, -0.2) is 25.2 Å². The second-order valence-corrected chi connectivity index (χ2v) is 5.34. The van der Waals surface area contributed by atoms with Crippen LogP contribution in [0.1, 0.15) is 10.5 Å². The predicted molar refractivity (Wildman–Crippen MR) is 91.0 cm³/mol. The molecule has 0 spiro atoms. The maximum Gasteiger partial charge on any atom is 0.298 e. The van der Waals surface area contributed by atoms with Crippen LogP contribution in [0.4, 0.5) is 0 Å². The van der Waals surface area contributed by atoms with Crippen molar-refractivity contribution in [3.63, 3.8) is 0 Å². The van der Waals surface area contributed by atoms with Crippen LogP contribution in [0, 0.1) is 0 Å². The van der Waals surface area contributed by atoms with E-state index in [2.05, 4.69) is 34.3 Å². The molecule has 0 aliphatic heterocycles. The topological polar surface area (TPSA) is 52.7 Å². The van der Waals surface area contributed by atoms with Crippen LogP contribution in [0.2, 0.25) is 0 Å². The van der Waals surface area contributed by atoms with Gasteiger partial charge in [-0.3, -0.25) is 4.79 Å². The molecule has 116 valence electrons. The Balaban J connectivity index is 1.67. The Hall–Kier alpha value is -3.47. The summed E-state index contributed by atoms with van der Waals surface area (Å²) in [5.74, 6) is -0.252. The first kappa shape index (κ1) is 14.1. The second kappa shape index (κ2) is 5.96. The molecule has 0 radical (unpaired) electrons. The molecule has 0 fully saturated rings. The van der Waals surface area contributed by atoms with Gasteiger partial charge in [0.2, 0.25) is 0 Å². The zero-order valence-corrected chi connectivity index (χ0v) is 12.8. The van der Waals surface area contributed by atoms with Crippen LogP contribution >= 0.6 is 0 Å². The molecule has 0 aliphatic carbocycles. The van der Waals surface area contributed by atoms with Gasteiger partial charge in [-0.25, -0.2) is 9.67 Å². The van der Waals surface area contributed by atoms with E-state index in [0.717, 1.165) is 16.8 Å². The van der Waals surface area contributed by atoms with Gasteiger partial charge in [-0.1, -0.05) is 42.5 Å². The van der Waals surface area contributed by atoms with Crippen molar-refractivity contribution in [1.82, 2.24) is 19.3 Å². The molecule has 5 heteroatoms. The number of carbonyl (C=O) groups is 1. The summed E-state index contributed by atoms with van der Waals surface area (Å²) in [5.41, 5.74) is 3.56. The lowest BCUT2D eigenvalue weighted by atomic mass is 10.1. The maximum absolute atomic E-state index is 12.3. The lowest BCUT2D eigenvalue weighted by molar-refractivity contribution is 0.0940. The molecule has 0 bridgehead atoms. The fourth-order valence-electron chi connectivity index (χ4n) is 2.56. The number of rotatable bonds is 3. The van der Waals surface area contributed by atoms with E-state index in [1.807, 2.05) is 34.9 Å². The van der Waals surface area contributed by atoms with E-state index in [4.69, 9.17) is 0 Å². The molecule has 2 heterocycles. The summed E-state index contributed by atoms with van der Waals surface area (Å²) in [6.07, 6.45) is 6.53. The summed E-state index contributed by atoms with van der Waals surface area (Å²) < 4.78 is 3.11. The summed E-state index contributed by atoms with van der Waals surface area (Å²) in [4.78, 5) is 16.5. The standard InChI is InChI=1S/C19H14N4O/c24-19(23-11-5-10-21-23)18-13-22(14-20-18)17-9-4-8-16(12-17)15-6-2-1-3-7-15/h1-14H. The zero-order valence-electron chi connectivity index (χ0n) is 12.8. The highest BCUT2D eigenvalue weighted by Crippen LogP contribution is 2.22. The van der Waals surface area contributed by atoms with Gasteiger partial charge in [0.25, 0.3) is 5.91 Å². The Morgan fingerprint density at radius 3 is 2.54 bits per heavy atom. The largest absolute Gasteiger partial charge is 0.305 e. The van der Waals surface area contributed by atoms with Gasteiger partial charge < -0.3 is 4.57 Å². The number of hydrogen-bond donors (Lipinski definition) is 0. The van der Waals surface area contributed by atoms with Gasteiger partial charge in [0, 0.05) is 24.3 Å². The molecule has 0 N–H and O–H groups in total. The summed E-state index contributed by atoms with van der Waals surface area (Å²) >= 11 is 0. The van der Waals surface area contributed by atoms with Crippen molar-refractivity contribution in [3.8, 4) is 16.8 Å². The fraction of sp³-hybridized carbons (Fsp3) is 0. The second-order valence-electron chi connectivity index (χ2n) is 5.34. The van der Waals surface area contributed by atoms with Crippen LogP contribution in [0.15, 0.2) is 85.6 Å². The minimum atomic E-state index is -0.252. The number of benzene rings is 2. The van der Waals surface area contributed by atoms with E-state index in [9.17, 15) is 4.79 Å². The first-order chi connectivity index (χ1) is 11.8. The van der Waals surface area contributed by atoms with Gasteiger partial charge in [-0.15, -0.1) is 0 Å². The van der Waals surface area contributed by atoms with E-state index in [0.29, 0.717) is 5.69 Å². The van der Waals surface area contributed by atoms with Crippen LogP contribution in [0.3, 0.4) is 0 Å². The third kappa shape index (κ3) is 2.63. The quantitative estimate of drug-likeness (QED) is 0.582. The van der Waals surface area contributed by atoms with Crippen LogP contribution in [0.25, 0.3) is 16.8 Å². The molecule has 0 atom stereocenters. The van der Waals surface area contributed by atoms with Crippen LogP contribution < -0.4 is 0 Å².